The van der Waals surface area contributed by atoms with E-state index in [4.69, 9.17) is 23.2 Å². The average molecular weight is 295 g/mol. The fourth-order valence-corrected chi connectivity index (χ4v) is 3.76. The van der Waals surface area contributed by atoms with Crippen molar-refractivity contribution in [2.24, 2.45) is 0 Å². The Balaban J connectivity index is 2.65. The van der Waals surface area contributed by atoms with Crippen molar-refractivity contribution in [3.05, 3.63) is 56.2 Å². The summed E-state index contributed by atoms with van der Waals surface area (Å²) in [6.45, 7) is 1.93. The van der Waals surface area contributed by atoms with E-state index in [9.17, 15) is 4.79 Å². The molecule has 0 saturated carbocycles. The van der Waals surface area contributed by atoms with E-state index in [-0.39, 0.29) is 5.43 Å². The van der Waals surface area contributed by atoms with E-state index >= 15 is 0 Å². The van der Waals surface area contributed by atoms with Crippen LogP contribution < -0.4 is 5.43 Å². The fourth-order valence-electron chi connectivity index (χ4n) is 2.05. The second kappa shape index (κ2) is 4.23. The summed E-state index contributed by atoms with van der Waals surface area (Å²) in [5.41, 5.74) is 0.975. The number of aryl methyl sites for hydroxylation is 1. The Morgan fingerprint density at radius 3 is 2.67 bits per heavy atom. The van der Waals surface area contributed by atoms with Gasteiger partial charge in [0.05, 0.1) is 9.72 Å². The minimum Gasteiger partial charge on any atom is -0.288 e. The highest BCUT2D eigenvalue weighted by Gasteiger charge is 2.10. The number of hydrogen-bond donors (Lipinski definition) is 0. The van der Waals surface area contributed by atoms with Crippen LogP contribution in [0.4, 0.5) is 0 Å². The highest BCUT2D eigenvalue weighted by atomic mass is 35.5. The highest BCUT2D eigenvalue weighted by molar-refractivity contribution is 7.25. The van der Waals surface area contributed by atoms with Gasteiger partial charge in [-0.2, -0.15) is 0 Å². The van der Waals surface area contributed by atoms with Crippen LogP contribution in [0.1, 0.15) is 5.56 Å². The Bertz CT molecular complexity index is 836. The molecule has 18 heavy (non-hydrogen) atoms. The third kappa shape index (κ3) is 1.72. The molecule has 4 heteroatoms. The molecular weight excluding hydrogens is 287 g/mol. The first-order valence-corrected chi connectivity index (χ1v) is 6.96. The first kappa shape index (κ1) is 12.0. The zero-order chi connectivity index (χ0) is 12.9. The lowest BCUT2D eigenvalue weighted by Gasteiger charge is -2.05. The molecular formula is C14H8Cl2OS. The van der Waals surface area contributed by atoms with Crippen molar-refractivity contribution >= 4 is 54.7 Å². The summed E-state index contributed by atoms with van der Waals surface area (Å²) < 4.78 is 1.70. The van der Waals surface area contributed by atoms with E-state index in [1.807, 2.05) is 19.1 Å². The largest absolute Gasteiger partial charge is 0.288 e. The van der Waals surface area contributed by atoms with Gasteiger partial charge in [-0.1, -0.05) is 29.3 Å². The van der Waals surface area contributed by atoms with Gasteiger partial charge < -0.3 is 0 Å². The number of halogens is 2. The Labute approximate surface area is 118 Å². The van der Waals surface area contributed by atoms with Crippen molar-refractivity contribution in [3.63, 3.8) is 0 Å². The Morgan fingerprint density at radius 1 is 1.11 bits per heavy atom. The zero-order valence-electron chi connectivity index (χ0n) is 9.46. The SMILES string of the molecule is Cc1ccc(Cl)c2sc3cc(Cl)ccc3c(=O)c12. The van der Waals surface area contributed by atoms with Crippen LogP contribution in [-0.2, 0) is 0 Å². The van der Waals surface area contributed by atoms with Crippen LogP contribution in [-0.4, -0.2) is 0 Å². The molecule has 3 rings (SSSR count). The molecule has 1 aromatic heterocycles. The monoisotopic (exact) mass is 294 g/mol. The van der Waals surface area contributed by atoms with Crippen LogP contribution in [0.25, 0.3) is 20.2 Å². The Kier molecular flexibility index (Phi) is 2.81. The van der Waals surface area contributed by atoms with Crippen molar-refractivity contribution in [3.8, 4) is 0 Å². The maximum Gasteiger partial charge on any atom is 0.196 e. The predicted octanol–water partition coefficient (Wildman–Crippen LogP) is 5.03. The van der Waals surface area contributed by atoms with Crippen molar-refractivity contribution in [1.82, 2.24) is 0 Å². The van der Waals surface area contributed by atoms with Crippen molar-refractivity contribution < 1.29 is 0 Å². The summed E-state index contributed by atoms with van der Waals surface area (Å²) >= 11 is 13.6. The van der Waals surface area contributed by atoms with Gasteiger partial charge in [-0.05, 0) is 36.8 Å². The summed E-state index contributed by atoms with van der Waals surface area (Å²) in [4.78, 5) is 12.5. The van der Waals surface area contributed by atoms with Gasteiger partial charge in [0.1, 0.15) is 0 Å². The van der Waals surface area contributed by atoms with Crippen molar-refractivity contribution in [2.45, 2.75) is 6.92 Å². The van der Waals surface area contributed by atoms with Crippen LogP contribution in [0.3, 0.4) is 0 Å². The molecule has 0 aliphatic rings. The van der Waals surface area contributed by atoms with Crippen LogP contribution in [0, 0.1) is 6.92 Å². The molecule has 1 heterocycles. The maximum atomic E-state index is 12.5. The molecule has 0 saturated heterocycles. The minimum absolute atomic E-state index is 0.0235. The topological polar surface area (TPSA) is 17.1 Å². The van der Waals surface area contributed by atoms with E-state index < -0.39 is 0 Å². The molecule has 0 aliphatic carbocycles. The molecule has 0 unspecified atom stereocenters. The lowest BCUT2D eigenvalue weighted by Crippen LogP contribution is -2.02. The molecule has 0 bridgehead atoms. The van der Waals surface area contributed by atoms with Gasteiger partial charge in [-0.3, -0.25) is 4.79 Å². The lowest BCUT2D eigenvalue weighted by atomic mass is 10.1. The summed E-state index contributed by atoms with van der Waals surface area (Å²) in [6, 6.07) is 9.02. The number of benzene rings is 2. The second-order valence-corrected chi connectivity index (χ2v) is 6.04. The summed E-state index contributed by atoms with van der Waals surface area (Å²) in [5, 5.41) is 2.64. The van der Waals surface area contributed by atoms with E-state index in [1.54, 1.807) is 18.2 Å². The van der Waals surface area contributed by atoms with E-state index in [0.29, 0.717) is 20.8 Å². The molecule has 2 aromatic carbocycles. The molecule has 1 nitrogen and oxygen atoms in total. The van der Waals surface area contributed by atoms with Crippen molar-refractivity contribution in [2.75, 3.05) is 0 Å². The van der Waals surface area contributed by atoms with Gasteiger partial charge >= 0.3 is 0 Å². The molecule has 0 atom stereocenters. The standard InChI is InChI=1S/C14H8Cl2OS/c1-7-2-5-10(16)14-12(7)13(17)9-4-3-8(15)6-11(9)18-14/h2-6H,1H3. The quantitative estimate of drug-likeness (QED) is 0.532. The van der Waals surface area contributed by atoms with Crippen LogP contribution >= 0.6 is 34.5 Å². The van der Waals surface area contributed by atoms with Gasteiger partial charge in [0.15, 0.2) is 5.43 Å². The van der Waals surface area contributed by atoms with Crippen LogP contribution in [0.15, 0.2) is 35.1 Å². The zero-order valence-corrected chi connectivity index (χ0v) is 11.8. The number of rotatable bonds is 0. The van der Waals surface area contributed by atoms with Gasteiger partial charge in [-0.15, -0.1) is 11.3 Å². The van der Waals surface area contributed by atoms with Gasteiger partial charge in [-0.25, -0.2) is 0 Å². The fraction of sp³-hybridized carbons (Fsp3) is 0.0714. The molecule has 0 aliphatic heterocycles. The first-order valence-electron chi connectivity index (χ1n) is 5.39. The van der Waals surface area contributed by atoms with E-state index in [0.717, 1.165) is 15.0 Å². The van der Waals surface area contributed by atoms with E-state index in [2.05, 4.69) is 0 Å². The molecule has 90 valence electrons. The molecule has 0 spiro atoms. The molecule has 0 fully saturated rings. The summed E-state index contributed by atoms with van der Waals surface area (Å²) in [6.07, 6.45) is 0. The van der Waals surface area contributed by atoms with Crippen LogP contribution in [0.5, 0.6) is 0 Å². The molecule has 3 aromatic rings. The maximum absolute atomic E-state index is 12.5. The Hall–Kier alpha value is -1.09. The molecule has 0 radical (unpaired) electrons. The number of hydrogen-bond acceptors (Lipinski definition) is 2. The molecule has 0 N–H and O–H groups in total. The van der Waals surface area contributed by atoms with E-state index in [1.165, 1.54) is 11.3 Å². The second-order valence-electron chi connectivity index (χ2n) is 4.14. The van der Waals surface area contributed by atoms with Gasteiger partial charge in [0.25, 0.3) is 0 Å². The van der Waals surface area contributed by atoms with Crippen LogP contribution in [0.2, 0.25) is 10.0 Å². The Morgan fingerprint density at radius 2 is 1.89 bits per heavy atom. The first-order chi connectivity index (χ1) is 8.58. The average Bonchev–Trinajstić information content (AvgIpc) is 2.33. The third-order valence-electron chi connectivity index (χ3n) is 2.95. The summed E-state index contributed by atoms with van der Waals surface area (Å²) in [5.74, 6) is 0. The summed E-state index contributed by atoms with van der Waals surface area (Å²) in [7, 11) is 0. The smallest absolute Gasteiger partial charge is 0.196 e. The minimum atomic E-state index is 0.0235. The van der Waals surface area contributed by atoms with Crippen molar-refractivity contribution in [1.29, 1.82) is 0 Å². The van der Waals surface area contributed by atoms with Gasteiger partial charge in [0, 0.05) is 20.5 Å². The highest BCUT2D eigenvalue weighted by Crippen LogP contribution is 2.32. The molecule has 0 amide bonds. The third-order valence-corrected chi connectivity index (χ3v) is 4.79. The normalized spacial score (nSPS) is 11.3. The number of fused-ring (bicyclic) bond motifs is 2. The lowest BCUT2D eigenvalue weighted by molar-refractivity contribution is 1.53. The van der Waals surface area contributed by atoms with Gasteiger partial charge in [0.2, 0.25) is 0 Å². The predicted molar refractivity (Wildman–Crippen MR) is 80.4 cm³/mol.